The minimum Gasteiger partial charge on any atom is -0.489 e. The highest BCUT2D eigenvalue weighted by Gasteiger charge is 2.12. The van der Waals surface area contributed by atoms with Crippen LogP contribution in [-0.2, 0) is 6.54 Å². The zero-order chi connectivity index (χ0) is 16.5. The molecule has 0 saturated heterocycles. The number of ether oxygens (including phenoxy) is 1. The van der Waals surface area contributed by atoms with Crippen molar-refractivity contribution in [3.05, 3.63) is 23.8 Å². The van der Waals surface area contributed by atoms with E-state index >= 15 is 0 Å². The second-order valence-electron chi connectivity index (χ2n) is 6.12. The van der Waals surface area contributed by atoms with Crippen LogP contribution in [0.15, 0.2) is 18.2 Å². The third kappa shape index (κ3) is 6.24. The smallest absolute Gasteiger partial charge is 0.143 e. The summed E-state index contributed by atoms with van der Waals surface area (Å²) < 4.78 is 6.04. The van der Waals surface area contributed by atoms with Crippen LogP contribution in [0.5, 0.6) is 5.75 Å². The van der Waals surface area contributed by atoms with E-state index in [1.54, 1.807) is 0 Å². The van der Waals surface area contributed by atoms with Gasteiger partial charge in [-0.2, -0.15) is 0 Å². The quantitative estimate of drug-likeness (QED) is 0.673. The van der Waals surface area contributed by atoms with Crippen LogP contribution in [0, 0.1) is 0 Å². The number of anilines is 1. The van der Waals surface area contributed by atoms with Gasteiger partial charge in [0, 0.05) is 32.7 Å². The molecule has 0 radical (unpaired) electrons. The maximum atomic E-state index is 6.04. The zero-order valence-corrected chi connectivity index (χ0v) is 15.1. The van der Waals surface area contributed by atoms with E-state index in [1.807, 2.05) is 0 Å². The Morgan fingerprint density at radius 3 is 2.36 bits per heavy atom. The van der Waals surface area contributed by atoms with E-state index in [4.69, 9.17) is 4.74 Å². The molecule has 0 aliphatic rings. The number of hydrogen-bond donors (Lipinski definition) is 1. The lowest BCUT2D eigenvalue weighted by molar-refractivity contribution is 0.242. The monoisotopic (exact) mass is 307 g/mol. The Bertz CT molecular complexity index is 428. The maximum absolute atomic E-state index is 6.04. The van der Waals surface area contributed by atoms with E-state index in [1.165, 1.54) is 11.3 Å². The summed E-state index contributed by atoms with van der Waals surface area (Å²) >= 11 is 0. The van der Waals surface area contributed by atoms with Gasteiger partial charge in [0.1, 0.15) is 5.75 Å². The third-order valence-electron chi connectivity index (χ3n) is 3.56. The van der Waals surface area contributed by atoms with Gasteiger partial charge in [0.05, 0.1) is 11.8 Å². The molecule has 0 amide bonds. The molecule has 0 aromatic heterocycles. The summed E-state index contributed by atoms with van der Waals surface area (Å²) in [6, 6.07) is 6.56. The molecular formula is C18H33N3O. The van der Waals surface area contributed by atoms with E-state index in [-0.39, 0.29) is 6.10 Å². The van der Waals surface area contributed by atoms with E-state index in [9.17, 15) is 0 Å². The summed E-state index contributed by atoms with van der Waals surface area (Å²) in [4.78, 5) is 4.52. The third-order valence-corrected chi connectivity index (χ3v) is 3.56. The molecule has 1 N–H and O–H groups in total. The van der Waals surface area contributed by atoms with Crippen molar-refractivity contribution in [1.29, 1.82) is 0 Å². The summed E-state index contributed by atoms with van der Waals surface area (Å²) in [6.07, 6.45) is 0.186. The fourth-order valence-corrected chi connectivity index (χ4v) is 2.38. The van der Waals surface area contributed by atoms with Crippen molar-refractivity contribution in [2.75, 3.05) is 45.2 Å². The SMILES string of the molecule is CCN(CC)c1ccc(CNCCN(C)C)cc1OC(C)C. The number of nitrogens with zero attached hydrogens (tertiary/aromatic N) is 2. The van der Waals surface area contributed by atoms with Gasteiger partial charge >= 0.3 is 0 Å². The van der Waals surface area contributed by atoms with Crippen LogP contribution in [0.25, 0.3) is 0 Å². The first-order chi connectivity index (χ1) is 10.5. The zero-order valence-electron chi connectivity index (χ0n) is 15.1. The van der Waals surface area contributed by atoms with Crippen molar-refractivity contribution in [1.82, 2.24) is 10.2 Å². The number of rotatable bonds is 10. The van der Waals surface area contributed by atoms with Crippen molar-refractivity contribution in [3.8, 4) is 5.75 Å². The molecule has 0 unspecified atom stereocenters. The van der Waals surface area contributed by atoms with E-state index in [0.29, 0.717) is 0 Å². The molecular weight excluding hydrogens is 274 g/mol. The fraction of sp³-hybridized carbons (Fsp3) is 0.667. The van der Waals surface area contributed by atoms with Crippen LogP contribution >= 0.6 is 0 Å². The Kier molecular flexibility index (Phi) is 8.28. The fourth-order valence-electron chi connectivity index (χ4n) is 2.38. The van der Waals surface area contributed by atoms with Crippen LogP contribution in [0.1, 0.15) is 33.3 Å². The molecule has 126 valence electrons. The maximum Gasteiger partial charge on any atom is 0.143 e. The van der Waals surface area contributed by atoms with Crippen LogP contribution < -0.4 is 15.0 Å². The average molecular weight is 307 g/mol. The van der Waals surface area contributed by atoms with Gasteiger partial charge in [-0.3, -0.25) is 0 Å². The summed E-state index contributed by atoms with van der Waals surface area (Å²) in [6.45, 7) is 13.4. The van der Waals surface area contributed by atoms with Crippen LogP contribution in [0.4, 0.5) is 5.69 Å². The Hall–Kier alpha value is -1.26. The topological polar surface area (TPSA) is 27.7 Å². The minimum atomic E-state index is 0.186. The second kappa shape index (κ2) is 9.70. The van der Waals surface area contributed by atoms with Gasteiger partial charge in [0.2, 0.25) is 0 Å². The van der Waals surface area contributed by atoms with Crippen LogP contribution in [0.3, 0.4) is 0 Å². The van der Waals surface area contributed by atoms with Gasteiger partial charge in [-0.15, -0.1) is 0 Å². The largest absolute Gasteiger partial charge is 0.489 e. The summed E-state index contributed by atoms with van der Waals surface area (Å²) in [5, 5.41) is 3.48. The van der Waals surface area contributed by atoms with Gasteiger partial charge in [0.15, 0.2) is 0 Å². The summed E-state index contributed by atoms with van der Waals surface area (Å²) in [5.74, 6) is 0.991. The van der Waals surface area contributed by atoms with Crippen molar-refractivity contribution < 1.29 is 4.74 Å². The predicted octanol–water partition coefficient (Wildman–Crippen LogP) is 2.97. The highest BCUT2D eigenvalue weighted by molar-refractivity contribution is 5.59. The van der Waals surface area contributed by atoms with E-state index < -0.39 is 0 Å². The number of hydrogen-bond acceptors (Lipinski definition) is 4. The molecule has 4 nitrogen and oxygen atoms in total. The first-order valence-corrected chi connectivity index (χ1v) is 8.37. The summed E-state index contributed by atoms with van der Waals surface area (Å²) in [5.41, 5.74) is 2.46. The summed E-state index contributed by atoms with van der Waals surface area (Å²) in [7, 11) is 4.18. The van der Waals surface area contributed by atoms with E-state index in [0.717, 1.165) is 38.5 Å². The first kappa shape index (κ1) is 18.8. The lowest BCUT2D eigenvalue weighted by Crippen LogP contribution is -2.26. The van der Waals surface area contributed by atoms with Crippen LogP contribution in [-0.4, -0.2) is 51.3 Å². The normalized spacial score (nSPS) is 11.3. The van der Waals surface area contributed by atoms with E-state index in [2.05, 4.69) is 75.1 Å². The van der Waals surface area contributed by atoms with Gasteiger partial charge in [0.25, 0.3) is 0 Å². The molecule has 0 saturated carbocycles. The molecule has 4 heteroatoms. The molecule has 0 aliphatic carbocycles. The highest BCUT2D eigenvalue weighted by Crippen LogP contribution is 2.30. The lowest BCUT2D eigenvalue weighted by Gasteiger charge is -2.25. The molecule has 0 spiro atoms. The van der Waals surface area contributed by atoms with Crippen molar-refractivity contribution in [2.45, 2.75) is 40.3 Å². The first-order valence-electron chi connectivity index (χ1n) is 8.37. The molecule has 1 aromatic carbocycles. The number of benzene rings is 1. The average Bonchev–Trinajstić information content (AvgIpc) is 2.46. The van der Waals surface area contributed by atoms with Gasteiger partial charge in [-0.25, -0.2) is 0 Å². The Morgan fingerprint density at radius 2 is 1.82 bits per heavy atom. The molecule has 1 rings (SSSR count). The Labute approximate surface area is 136 Å². The second-order valence-corrected chi connectivity index (χ2v) is 6.12. The van der Waals surface area contributed by atoms with Gasteiger partial charge < -0.3 is 19.9 Å². The molecule has 0 bridgehead atoms. The van der Waals surface area contributed by atoms with Crippen molar-refractivity contribution in [2.24, 2.45) is 0 Å². The van der Waals surface area contributed by atoms with Crippen LogP contribution in [0.2, 0.25) is 0 Å². The number of likely N-dealkylation sites (N-methyl/N-ethyl adjacent to an activating group) is 1. The molecule has 0 atom stereocenters. The molecule has 0 heterocycles. The van der Waals surface area contributed by atoms with Crippen molar-refractivity contribution >= 4 is 5.69 Å². The molecule has 0 aliphatic heterocycles. The standard InChI is InChI=1S/C18H33N3O/c1-7-21(8-2)17-10-9-16(13-18(17)22-15(3)4)14-19-11-12-20(5)6/h9-10,13,15,19H,7-8,11-12,14H2,1-6H3. The van der Waals surface area contributed by atoms with Gasteiger partial charge in [-0.05, 0) is 59.5 Å². The molecule has 1 aromatic rings. The Morgan fingerprint density at radius 1 is 1.14 bits per heavy atom. The predicted molar refractivity (Wildman–Crippen MR) is 96.0 cm³/mol. The minimum absolute atomic E-state index is 0.186. The van der Waals surface area contributed by atoms with Crippen molar-refractivity contribution in [3.63, 3.8) is 0 Å². The molecule has 0 fully saturated rings. The number of nitrogens with one attached hydrogen (secondary N) is 1. The lowest BCUT2D eigenvalue weighted by atomic mass is 10.1. The van der Waals surface area contributed by atoms with Gasteiger partial charge in [-0.1, -0.05) is 6.07 Å². The Balaban J connectivity index is 2.80. The highest BCUT2D eigenvalue weighted by atomic mass is 16.5. The molecule has 22 heavy (non-hydrogen) atoms.